The molecule has 0 unspecified atom stereocenters. The molecule has 0 spiro atoms. The number of aromatic nitrogens is 2. The molecule has 31 heavy (non-hydrogen) atoms. The second kappa shape index (κ2) is 9.37. The first-order valence-corrected chi connectivity index (χ1v) is 11.7. The molecular weight excluding hydrogens is 442 g/mol. The number of nitrogens with one attached hydrogen (secondary N) is 1. The molecule has 168 valence electrons. The Hall–Kier alpha value is -2.43. The van der Waals surface area contributed by atoms with Crippen molar-refractivity contribution in [3.8, 4) is 0 Å². The first-order chi connectivity index (χ1) is 14.6. The monoisotopic (exact) mass is 467 g/mol. The van der Waals surface area contributed by atoms with Crippen LogP contribution in [0.4, 0.5) is 0 Å². The molecule has 2 heterocycles. The molecule has 2 amide bonds. The van der Waals surface area contributed by atoms with Crippen molar-refractivity contribution < 1.29 is 18.0 Å². The van der Waals surface area contributed by atoms with Gasteiger partial charge in [0.1, 0.15) is 4.90 Å². The Bertz CT molecular complexity index is 1070. The Kier molecular flexibility index (Phi) is 7.03. The Morgan fingerprint density at radius 3 is 2.26 bits per heavy atom. The maximum absolute atomic E-state index is 13.0. The van der Waals surface area contributed by atoms with Gasteiger partial charge in [-0.25, -0.2) is 8.42 Å². The van der Waals surface area contributed by atoms with E-state index in [1.165, 1.54) is 4.31 Å². The summed E-state index contributed by atoms with van der Waals surface area (Å²) >= 11 is 5.83. The zero-order valence-electron chi connectivity index (χ0n) is 17.8. The molecule has 11 heteroatoms. The lowest BCUT2D eigenvalue weighted by atomic mass is 10.1. The lowest BCUT2D eigenvalue weighted by Crippen LogP contribution is -2.52. The molecule has 0 saturated carbocycles. The molecule has 1 aromatic heterocycles. The molecule has 0 bridgehead atoms. The molecule has 1 aliphatic rings. The number of halogens is 1. The fourth-order valence-corrected chi connectivity index (χ4v) is 5.52. The summed E-state index contributed by atoms with van der Waals surface area (Å²) in [6.45, 7) is 4.19. The normalized spacial score (nSPS) is 15.2. The lowest BCUT2D eigenvalue weighted by molar-refractivity contribution is -0.133. The number of aryl methyl sites for hydroxylation is 2. The van der Waals surface area contributed by atoms with Crippen LogP contribution in [0, 0.1) is 13.8 Å². The standard InChI is InChI=1S/C20H26ClN5O4S/c1-14-20(15(2)24(3)23-14)31(29,30)26-10-8-25(9-11-26)19(28)13-22-18(27)12-16-4-6-17(21)7-5-16/h4-7H,8-13H2,1-3H3,(H,22,27). The summed E-state index contributed by atoms with van der Waals surface area (Å²) in [5.74, 6) is -0.505. The van der Waals surface area contributed by atoms with Gasteiger partial charge in [-0.15, -0.1) is 0 Å². The minimum atomic E-state index is -3.68. The summed E-state index contributed by atoms with van der Waals surface area (Å²) in [5.41, 5.74) is 1.84. The van der Waals surface area contributed by atoms with Crippen LogP contribution in [0.5, 0.6) is 0 Å². The van der Waals surface area contributed by atoms with Crippen molar-refractivity contribution in [3.63, 3.8) is 0 Å². The van der Waals surface area contributed by atoms with E-state index in [1.54, 1.807) is 54.7 Å². The van der Waals surface area contributed by atoms with Gasteiger partial charge < -0.3 is 10.2 Å². The highest BCUT2D eigenvalue weighted by atomic mass is 35.5. The smallest absolute Gasteiger partial charge is 0.246 e. The summed E-state index contributed by atoms with van der Waals surface area (Å²) in [6.07, 6.45) is 0.153. The second-order valence-corrected chi connectivity index (χ2v) is 9.80. The molecule has 3 rings (SSSR count). The number of piperazine rings is 1. The van der Waals surface area contributed by atoms with Crippen LogP contribution in [0.1, 0.15) is 17.0 Å². The second-order valence-electron chi connectivity index (χ2n) is 7.49. The van der Waals surface area contributed by atoms with Gasteiger partial charge in [0, 0.05) is 38.2 Å². The zero-order valence-corrected chi connectivity index (χ0v) is 19.3. The SMILES string of the molecule is Cc1nn(C)c(C)c1S(=O)(=O)N1CCN(C(=O)CNC(=O)Cc2ccc(Cl)cc2)CC1. The van der Waals surface area contributed by atoms with Crippen LogP contribution in [0.2, 0.25) is 5.02 Å². The van der Waals surface area contributed by atoms with E-state index in [0.29, 0.717) is 16.4 Å². The van der Waals surface area contributed by atoms with Crippen LogP contribution < -0.4 is 5.32 Å². The van der Waals surface area contributed by atoms with Crippen LogP contribution in [0.25, 0.3) is 0 Å². The quantitative estimate of drug-likeness (QED) is 0.679. The van der Waals surface area contributed by atoms with Crippen molar-refractivity contribution in [2.75, 3.05) is 32.7 Å². The van der Waals surface area contributed by atoms with Crippen molar-refractivity contribution in [2.45, 2.75) is 25.2 Å². The van der Waals surface area contributed by atoms with Crippen LogP contribution in [0.3, 0.4) is 0 Å². The van der Waals surface area contributed by atoms with Crippen LogP contribution in [0.15, 0.2) is 29.2 Å². The van der Waals surface area contributed by atoms with Crippen LogP contribution >= 0.6 is 11.6 Å². The van der Waals surface area contributed by atoms with Gasteiger partial charge in [-0.05, 0) is 31.5 Å². The predicted molar refractivity (Wildman–Crippen MR) is 116 cm³/mol. The van der Waals surface area contributed by atoms with Crippen LogP contribution in [-0.2, 0) is 33.1 Å². The topological polar surface area (TPSA) is 105 Å². The van der Waals surface area contributed by atoms with E-state index >= 15 is 0 Å². The first-order valence-electron chi connectivity index (χ1n) is 9.89. The van der Waals surface area contributed by atoms with Gasteiger partial charge in [-0.1, -0.05) is 23.7 Å². The summed E-state index contributed by atoms with van der Waals surface area (Å²) in [4.78, 5) is 26.3. The fourth-order valence-electron chi connectivity index (χ4n) is 3.57. The summed E-state index contributed by atoms with van der Waals surface area (Å²) in [5, 5.41) is 7.40. The van der Waals surface area contributed by atoms with Crippen molar-refractivity contribution >= 4 is 33.4 Å². The van der Waals surface area contributed by atoms with Crippen molar-refractivity contribution in [1.82, 2.24) is 24.3 Å². The summed E-state index contributed by atoms with van der Waals surface area (Å²) in [6, 6.07) is 6.93. The molecule has 1 saturated heterocycles. The number of carbonyl (C=O) groups excluding carboxylic acids is 2. The van der Waals surface area contributed by atoms with E-state index in [0.717, 1.165) is 5.56 Å². The Balaban J connectivity index is 1.51. The van der Waals surface area contributed by atoms with E-state index < -0.39 is 10.0 Å². The highest BCUT2D eigenvalue weighted by Crippen LogP contribution is 2.24. The highest BCUT2D eigenvalue weighted by Gasteiger charge is 2.33. The zero-order chi connectivity index (χ0) is 22.8. The third-order valence-corrected chi connectivity index (χ3v) is 7.75. The van der Waals surface area contributed by atoms with Gasteiger partial charge in [0.15, 0.2) is 0 Å². The van der Waals surface area contributed by atoms with Gasteiger partial charge in [0.25, 0.3) is 0 Å². The minimum absolute atomic E-state index is 0.125. The molecule has 0 radical (unpaired) electrons. The maximum Gasteiger partial charge on any atom is 0.246 e. The molecule has 1 aromatic carbocycles. The lowest BCUT2D eigenvalue weighted by Gasteiger charge is -2.34. The van der Waals surface area contributed by atoms with Crippen LogP contribution in [-0.4, -0.2) is 71.9 Å². The average molecular weight is 468 g/mol. The number of hydrogen-bond acceptors (Lipinski definition) is 5. The molecule has 0 atom stereocenters. The molecule has 2 aromatic rings. The number of benzene rings is 1. The van der Waals surface area contributed by atoms with E-state index in [-0.39, 0.29) is 55.9 Å². The molecule has 1 fully saturated rings. The highest BCUT2D eigenvalue weighted by molar-refractivity contribution is 7.89. The summed E-state index contributed by atoms with van der Waals surface area (Å²) in [7, 11) is -1.97. The van der Waals surface area contributed by atoms with E-state index in [4.69, 9.17) is 11.6 Å². The largest absolute Gasteiger partial charge is 0.347 e. The minimum Gasteiger partial charge on any atom is -0.347 e. The molecule has 9 nitrogen and oxygen atoms in total. The maximum atomic E-state index is 13.0. The predicted octanol–water partition coefficient (Wildman–Crippen LogP) is 0.882. The molecule has 1 N–H and O–H groups in total. The van der Waals surface area contributed by atoms with Gasteiger partial charge in [-0.3, -0.25) is 14.3 Å². The summed E-state index contributed by atoms with van der Waals surface area (Å²) < 4.78 is 29.0. The van der Waals surface area contributed by atoms with Crippen molar-refractivity contribution in [1.29, 1.82) is 0 Å². The number of carbonyl (C=O) groups is 2. The van der Waals surface area contributed by atoms with E-state index in [2.05, 4.69) is 10.4 Å². The third kappa shape index (κ3) is 5.25. The number of amides is 2. The van der Waals surface area contributed by atoms with Gasteiger partial charge >= 0.3 is 0 Å². The van der Waals surface area contributed by atoms with Crippen molar-refractivity contribution in [2.24, 2.45) is 7.05 Å². The van der Waals surface area contributed by atoms with E-state index in [1.807, 2.05) is 0 Å². The number of hydrogen-bond donors (Lipinski definition) is 1. The number of sulfonamides is 1. The Labute approximate surface area is 187 Å². The number of nitrogens with zero attached hydrogens (tertiary/aromatic N) is 4. The first kappa shape index (κ1) is 23.2. The fraction of sp³-hybridized carbons (Fsp3) is 0.450. The average Bonchev–Trinajstić information content (AvgIpc) is 3.00. The van der Waals surface area contributed by atoms with Gasteiger partial charge in [0.2, 0.25) is 21.8 Å². The van der Waals surface area contributed by atoms with Gasteiger partial charge in [-0.2, -0.15) is 9.40 Å². The molecule has 0 aliphatic carbocycles. The van der Waals surface area contributed by atoms with Crippen molar-refractivity contribution in [3.05, 3.63) is 46.2 Å². The Morgan fingerprint density at radius 1 is 1.10 bits per heavy atom. The number of rotatable bonds is 6. The van der Waals surface area contributed by atoms with Gasteiger partial charge in [0.05, 0.1) is 24.4 Å². The third-order valence-electron chi connectivity index (χ3n) is 5.35. The molecular formula is C20H26ClN5O4S. The van der Waals surface area contributed by atoms with E-state index in [9.17, 15) is 18.0 Å². The molecule has 1 aliphatic heterocycles. The Morgan fingerprint density at radius 2 is 1.71 bits per heavy atom.